The number of methoxy groups -OCH3 is 2. The Morgan fingerprint density at radius 2 is 2.18 bits per heavy atom. The predicted octanol–water partition coefficient (Wildman–Crippen LogP) is 1.58. The number of carbonyl (C=O) groups is 1. The van der Waals surface area contributed by atoms with Gasteiger partial charge < -0.3 is 9.47 Å². The van der Waals surface area contributed by atoms with Crippen molar-refractivity contribution < 1.29 is 14.3 Å². The second-order valence-electron chi connectivity index (χ2n) is 1.83. The van der Waals surface area contributed by atoms with Gasteiger partial charge in [0.15, 0.2) is 11.3 Å². The molecule has 0 bridgehead atoms. The summed E-state index contributed by atoms with van der Waals surface area (Å²) in [4.78, 5) is 10.5. The molecule has 60 valence electrons. The molecule has 3 nitrogen and oxygen atoms in total. The summed E-state index contributed by atoms with van der Waals surface area (Å²) in [5.41, 5.74) is 0.486. The predicted molar refractivity (Wildman–Crippen MR) is 42.8 cm³/mol. The molecule has 1 rings (SSSR count). The van der Waals surface area contributed by atoms with Crippen LogP contribution in [0.5, 0.6) is 10.8 Å². The lowest BCUT2D eigenvalue weighted by molar-refractivity contribution is 0.111. The first-order valence-corrected chi connectivity index (χ1v) is 3.86. The third-order valence-corrected chi connectivity index (χ3v) is 2.21. The third kappa shape index (κ3) is 1.35. The summed E-state index contributed by atoms with van der Waals surface area (Å²) in [6.07, 6.45) is 0.730. The molecular formula is C7H8O3S. The minimum absolute atomic E-state index is 0.486. The molecule has 0 saturated heterocycles. The molecule has 0 unspecified atom stereocenters. The maximum atomic E-state index is 10.5. The largest absolute Gasteiger partial charge is 0.495 e. The van der Waals surface area contributed by atoms with E-state index in [1.54, 1.807) is 5.38 Å². The average Bonchev–Trinajstić information content (AvgIpc) is 2.45. The van der Waals surface area contributed by atoms with E-state index < -0.39 is 0 Å². The lowest BCUT2D eigenvalue weighted by Gasteiger charge is -1.96. The average molecular weight is 172 g/mol. The first-order valence-electron chi connectivity index (χ1n) is 2.98. The van der Waals surface area contributed by atoms with Gasteiger partial charge in [-0.25, -0.2) is 0 Å². The Kier molecular flexibility index (Phi) is 2.48. The van der Waals surface area contributed by atoms with E-state index in [2.05, 4.69) is 0 Å². The van der Waals surface area contributed by atoms with Gasteiger partial charge in [0, 0.05) is 5.38 Å². The number of ether oxygens (including phenoxy) is 2. The summed E-state index contributed by atoms with van der Waals surface area (Å²) in [5, 5.41) is 2.33. The monoisotopic (exact) mass is 172 g/mol. The van der Waals surface area contributed by atoms with Crippen molar-refractivity contribution in [3.63, 3.8) is 0 Å². The molecule has 0 atom stereocenters. The van der Waals surface area contributed by atoms with E-state index in [0.29, 0.717) is 16.4 Å². The molecule has 0 saturated carbocycles. The van der Waals surface area contributed by atoms with Crippen LogP contribution in [0.3, 0.4) is 0 Å². The molecule has 0 aliphatic carbocycles. The maximum Gasteiger partial charge on any atom is 0.188 e. The highest BCUT2D eigenvalue weighted by Crippen LogP contribution is 2.33. The standard InChI is InChI=1S/C7H8O3S/c1-9-6-4-11-7(10-2)5(6)3-8/h3-4H,1-2H3. The first-order chi connectivity index (χ1) is 5.33. The van der Waals surface area contributed by atoms with E-state index in [4.69, 9.17) is 9.47 Å². The molecule has 0 fully saturated rings. The zero-order chi connectivity index (χ0) is 8.27. The Morgan fingerprint density at radius 3 is 2.64 bits per heavy atom. The third-order valence-electron chi connectivity index (χ3n) is 1.28. The minimum Gasteiger partial charge on any atom is -0.495 e. The first kappa shape index (κ1) is 8.07. The zero-order valence-corrected chi connectivity index (χ0v) is 7.10. The highest BCUT2D eigenvalue weighted by atomic mass is 32.1. The summed E-state index contributed by atoms with van der Waals surface area (Å²) in [7, 11) is 3.05. The van der Waals surface area contributed by atoms with Gasteiger partial charge in [-0.05, 0) is 0 Å². The second-order valence-corrected chi connectivity index (χ2v) is 2.67. The summed E-state index contributed by atoms with van der Waals surface area (Å²) in [5.74, 6) is 0.571. The fraction of sp³-hybridized carbons (Fsp3) is 0.286. The zero-order valence-electron chi connectivity index (χ0n) is 6.29. The van der Waals surface area contributed by atoms with Crippen LogP contribution in [-0.2, 0) is 0 Å². The number of hydrogen-bond donors (Lipinski definition) is 0. The van der Waals surface area contributed by atoms with Gasteiger partial charge in [-0.2, -0.15) is 0 Å². The van der Waals surface area contributed by atoms with Crippen LogP contribution in [-0.4, -0.2) is 20.5 Å². The summed E-state index contributed by atoms with van der Waals surface area (Å²) in [6, 6.07) is 0. The molecule has 0 N–H and O–H groups in total. The topological polar surface area (TPSA) is 35.5 Å². The van der Waals surface area contributed by atoms with Gasteiger partial charge >= 0.3 is 0 Å². The van der Waals surface area contributed by atoms with Gasteiger partial charge in [0.1, 0.15) is 11.3 Å². The van der Waals surface area contributed by atoms with Gasteiger partial charge in [0.25, 0.3) is 0 Å². The van der Waals surface area contributed by atoms with E-state index in [1.165, 1.54) is 25.6 Å². The molecule has 0 spiro atoms. The van der Waals surface area contributed by atoms with Crippen molar-refractivity contribution in [2.24, 2.45) is 0 Å². The second kappa shape index (κ2) is 3.39. The highest BCUT2D eigenvalue weighted by Gasteiger charge is 2.10. The molecular weight excluding hydrogens is 164 g/mol. The van der Waals surface area contributed by atoms with Crippen molar-refractivity contribution >= 4 is 17.6 Å². The normalized spacial score (nSPS) is 9.27. The van der Waals surface area contributed by atoms with Crippen molar-refractivity contribution in [3.8, 4) is 10.8 Å². The van der Waals surface area contributed by atoms with Crippen LogP contribution >= 0.6 is 11.3 Å². The van der Waals surface area contributed by atoms with E-state index >= 15 is 0 Å². The number of rotatable bonds is 3. The van der Waals surface area contributed by atoms with E-state index in [-0.39, 0.29) is 0 Å². The van der Waals surface area contributed by atoms with E-state index in [1.807, 2.05) is 0 Å². The highest BCUT2D eigenvalue weighted by molar-refractivity contribution is 7.12. The van der Waals surface area contributed by atoms with Crippen LogP contribution in [0.1, 0.15) is 10.4 Å². The Bertz CT molecular complexity index is 233. The van der Waals surface area contributed by atoms with Crippen LogP contribution in [0.25, 0.3) is 0 Å². The smallest absolute Gasteiger partial charge is 0.188 e. The summed E-state index contributed by atoms with van der Waals surface area (Å²) in [6.45, 7) is 0. The molecule has 11 heavy (non-hydrogen) atoms. The maximum absolute atomic E-state index is 10.5. The molecule has 0 amide bonds. The number of thiophene rings is 1. The summed E-state index contributed by atoms with van der Waals surface area (Å²) >= 11 is 1.35. The van der Waals surface area contributed by atoms with E-state index in [0.717, 1.165) is 6.29 Å². The van der Waals surface area contributed by atoms with Gasteiger partial charge in [-0.15, -0.1) is 11.3 Å². The quantitative estimate of drug-likeness (QED) is 0.649. The SMILES string of the molecule is COc1csc(OC)c1C=O. The molecule has 0 aromatic carbocycles. The lowest BCUT2D eigenvalue weighted by Crippen LogP contribution is -1.88. The fourth-order valence-electron chi connectivity index (χ4n) is 0.757. The Balaban J connectivity index is 3.08. The lowest BCUT2D eigenvalue weighted by atomic mass is 10.3. The molecule has 1 heterocycles. The van der Waals surface area contributed by atoms with Crippen LogP contribution in [0.4, 0.5) is 0 Å². The molecule has 0 radical (unpaired) electrons. The van der Waals surface area contributed by atoms with Crippen LogP contribution < -0.4 is 9.47 Å². The van der Waals surface area contributed by atoms with Gasteiger partial charge in [-0.3, -0.25) is 4.79 Å². The molecule has 1 aromatic rings. The Morgan fingerprint density at radius 1 is 1.45 bits per heavy atom. The molecule has 0 aliphatic heterocycles. The van der Waals surface area contributed by atoms with Crippen LogP contribution in [0.15, 0.2) is 5.38 Å². The van der Waals surface area contributed by atoms with Gasteiger partial charge in [0.05, 0.1) is 14.2 Å². The Hall–Kier alpha value is -1.03. The minimum atomic E-state index is 0.486. The van der Waals surface area contributed by atoms with Gasteiger partial charge in [0.2, 0.25) is 0 Å². The van der Waals surface area contributed by atoms with E-state index in [9.17, 15) is 4.79 Å². The molecule has 1 aromatic heterocycles. The van der Waals surface area contributed by atoms with Crippen molar-refractivity contribution in [1.82, 2.24) is 0 Å². The Labute approximate surface area is 68.6 Å². The summed E-state index contributed by atoms with van der Waals surface area (Å²) < 4.78 is 9.84. The number of carbonyl (C=O) groups excluding carboxylic acids is 1. The van der Waals surface area contributed by atoms with Gasteiger partial charge in [-0.1, -0.05) is 0 Å². The fourth-order valence-corrected chi connectivity index (χ4v) is 1.57. The number of aldehydes is 1. The van der Waals surface area contributed by atoms with Crippen molar-refractivity contribution in [3.05, 3.63) is 10.9 Å². The molecule has 0 aliphatic rings. The van der Waals surface area contributed by atoms with Crippen LogP contribution in [0, 0.1) is 0 Å². The van der Waals surface area contributed by atoms with Crippen LogP contribution in [0.2, 0.25) is 0 Å². The van der Waals surface area contributed by atoms with Crippen molar-refractivity contribution in [1.29, 1.82) is 0 Å². The van der Waals surface area contributed by atoms with Crippen molar-refractivity contribution in [2.75, 3.05) is 14.2 Å². The van der Waals surface area contributed by atoms with Crippen molar-refractivity contribution in [2.45, 2.75) is 0 Å². The molecule has 4 heteroatoms. The number of hydrogen-bond acceptors (Lipinski definition) is 4.